The molecule has 1 aliphatic rings. The van der Waals surface area contributed by atoms with E-state index in [9.17, 15) is 9.59 Å². The number of fused-ring (bicyclic) bond motifs is 6. The zero-order valence-corrected chi connectivity index (χ0v) is 16.5. The zero-order chi connectivity index (χ0) is 21.0. The topological polar surface area (TPSA) is 96.1 Å². The van der Waals surface area contributed by atoms with E-state index in [1.54, 1.807) is 30.3 Å². The highest BCUT2D eigenvalue weighted by molar-refractivity contribution is 6.18. The normalized spacial score (nSPS) is 12.5. The van der Waals surface area contributed by atoms with Gasteiger partial charge in [0.2, 0.25) is 6.79 Å². The van der Waals surface area contributed by atoms with E-state index >= 15 is 0 Å². The van der Waals surface area contributed by atoms with Gasteiger partial charge in [0.15, 0.2) is 23.0 Å². The Morgan fingerprint density at radius 2 is 1.63 bits per heavy atom. The molecule has 3 aromatic carbocycles. The first-order valence-electron chi connectivity index (χ1n) is 9.17. The van der Waals surface area contributed by atoms with Gasteiger partial charge in [-0.2, -0.15) is 0 Å². The molecular formula is C22H17NO7. The average molecular weight is 407 g/mol. The third-order valence-electron chi connectivity index (χ3n) is 5.15. The number of hydrogen-bond donors (Lipinski definition) is 1. The van der Waals surface area contributed by atoms with Crippen LogP contribution in [0.15, 0.2) is 35.1 Å². The van der Waals surface area contributed by atoms with Crippen LogP contribution in [0.5, 0.6) is 28.7 Å². The number of nitrogens with one attached hydrogen (secondary N) is 1. The standard InChI is InChI=1S/C22H17NO7/c1-10(24)30-16-7-13-11-4-5-15(26-2)21(27-3)19(11)22(25)23-20(13)14-8-18-17(6-12(14)16)28-9-29-18/h4-8H,9H2,1-3H3,(H,23,25). The van der Waals surface area contributed by atoms with Gasteiger partial charge in [0.1, 0.15) is 5.75 Å². The fourth-order valence-corrected chi connectivity index (χ4v) is 3.92. The summed E-state index contributed by atoms with van der Waals surface area (Å²) in [6, 6.07) is 8.76. The van der Waals surface area contributed by atoms with Crippen molar-refractivity contribution in [2.75, 3.05) is 21.0 Å². The summed E-state index contributed by atoms with van der Waals surface area (Å²) >= 11 is 0. The van der Waals surface area contributed by atoms with E-state index < -0.39 is 5.97 Å². The Kier molecular flexibility index (Phi) is 3.95. The third kappa shape index (κ3) is 2.53. The van der Waals surface area contributed by atoms with Gasteiger partial charge < -0.3 is 28.7 Å². The number of ether oxygens (including phenoxy) is 5. The van der Waals surface area contributed by atoms with Gasteiger partial charge in [0, 0.05) is 28.5 Å². The summed E-state index contributed by atoms with van der Waals surface area (Å²) < 4.78 is 27.2. The van der Waals surface area contributed by atoms with Crippen LogP contribution in [0.3, 0.4) is 0 Å². The highest BCUT2D eigenvalue weighted by Gasteiger charge is 2.22. The lowest BCUT2D eigenvalue weighted by molar-refractivity contribution is -0.131. The maximum Gasteiger partial charge on any atom is 0.308 e. The predicted octanol–water partition coefficient (Wildman–Crippen LogP) is 3.51. The molecule has 0 saturated carbocycles. The Balaban J connectivity index is 1.98. The molecule has 30 heavy (non-hydrogen) atoms. The van der Waals surface area contributed by atoms with E-state index in [1.165, 1.54) is 21.1 Å². The van der Waals surface area contributed by atoms with Crippen LogP contribution < -0.4 is 29.2 Å². The number of esters is 1. The summed E-state index contributed by atoms with van der Waals surface area (Å²) in [7, 11) is 2.99. The molecule has 2 heterocycles. The monoisotopic (exact) mass is 407 g/mol. The van der Waals surface area contributed by atoms with Crippen LogP contribution in [0.4, 0.5) is 0 Å². The lowest BCUT2D eigenvalue weighted by Crippen LogP contribution is -2.09. The molecule has 0 atom stereocenters. The molecule has 8 nitrogen and oxygen atoms in total. The van der Waals surface area contributed by atoms with E-state index in [4.69, 9.17) is 23.7 Å². The van der Waals surface area contributed by atoms with E-state index in [1.807, 2.05) is 0 Å². The third-order valence-corrected chi connectivity index (χ3v) is 5.15. The first kappa shape index (κ1) is 18.1. The fourth-order valence-electron chi connectivity index (χ4n) is 3.92. The number of benzene rings is 3. The summed E-state index contributed by atoms with van der Waals surface area (Å²) in [5.74, 6) is 1.77. The van der Waals surface area contributed by atoms with Crippen molar-refractivity contribution in [3.63, 3.8) is 0 Å². The minimum Gasteiger partial charge on any atom is -0.493 e. The van der Waals surface area contributed by atoms with Gasteiger partial charge in [-0.1, -0.05) is 0 Å². The fraction of sp³-hybridized carbons (Fsp3) is 0.182. The van der Waals surface area contributed by atoms with E-state index in [-0.39, 0.29) is 12.4 Å². The number of pyridine rings is 1. The molecular weight excluding hydrogens is 390 g/mol. The minimum atomic E-state index is -0.457. The predicted molar refractivity (Wildman–Crippen MR) is 110 cm³/mol. The molecule has 0 unspecified atom stereocenters. The maximum absolute atomic E-state index is 13.0. The van der Waals surface area contributed by atoms with Gasteiger partial charge in [-0.05, 0) is 30.3 Å². The number of carbonyl (C=O) groups is 1. The molecule has 5 rings (SSSR count). The van der Waals surface area contributed by atoms with Crippen LogP contribution in [-0.2, 0) is 4.79 Å². The Labute approximate surface area is 169 Å². The zero-order valence-electron chi connectivity index (χ0n) is 16.5. The Bertz CT molecular complexity index is 1420. The van der Waals surface area contributed by atoms with Crippen molar-refractivity contribution in [3.05, 3.63) is 40.7 Å². The lowest BCUT2D eigenvalue weighted by atomic mass is 9.99. The molecule has 1 aromatic heterocycles. The van der Waals surface area contributed by atoms with Gasteiger partial charge in [-0.3, -0.25) is 9.59 Å². The second-order valence-corrected chi connectivity index (χ2v) is 6.82. The smallest absolute Gasteiger partial charge is 0.308 e. The van der Waals surface area contributed by atoms with Crippen LogP contribution in [0.1, 0.15) is 6.92 Å². The summed E-state index contributed by atoms with van der Waals surface area (Å²) in [5.41, 5.74) is 0.261. The number of H-pyrrole nitrogens is 1. The Morgan fingerprint density at radius 1 is 0.933 bits per heavy atom. The van der Waals surface area contributed by atoms with E-state index in [0.29, 0.717) is 61.2 Å². The number of aromatic amines is 1. The van der Waals surface area contributed by atoms with Gasteiger partial charge in [0.05, 0.1) is 25.1 Å². The largest absolute Gasteiger partial charge is 0.493 e. The maximum atomic E-state index is 13.0. The number of aromatic nitrogens is 1. The second-order valence-electron chi connectivity index (χ2n) is 6.82. The van der Waals surface area contributed by atoms with Gasteiger partial charge >= 0.3 is 5.97 Å². The summed E-state index contributed by atoms with van der Waals surface area (Å²) in [6.45, 7) is 1.44. The molecule has 0 fully saturated rings. The molecule has 0 aliphatic carbocycles. The van der Waals surface area contributed by atoms with Gasteiger partial charge in [-0.15, -0.1) is 0 Å². The van der Waals surface area contributed by atoms with Crippen molar-refractivity contribution < 1.29 is 28.5 Å². The number of methoxy groups -OCH3 is 2. The van der Waals surface area contributed by atoms with Crippen molar-refractivity contribution in [2.45, 2.75) is 6.92 Å². The van der Waals surface area contributed by atoms with Crippen molar-refractivity contribution in [2.24, 2.45) is 0 Å². The molecule has 0 bridgehead atoms. The minimum absolute atomic E-state index is 0.100. The molecule has 0 radical (unpaired) electrons. The quantitative estimate of drug-likeness (QED) is 0.315. The molecule has 1 N–H and O–H groups in total. The molecule has 0 amide bonds. The highest BCUT2D eigenvalue weighted by Crippen LogP contribution is 2.44. The van der Waals surface area contributed by atoms with Gasteiger partial charge in [-0.25, -0.2) is 0 Å². The summed E-state index contributed by atoms with van der Waals surface area (Å²) in [4.78, 5) is 27.7. The van der Waals surface area contributed by atoms with Crippen LogP contribution in [-0.4, -0.2) is 32.0 Å². The molecule has 8 heteroatoms. The summed E-state index contributed by atoms with van der Waals surface area (Å²) in [6.07, 6.45) is 0. The average Bonchev–Trinajstić information content (AvgIpc) is 3.19. The van der Waals surface area contributed by atoms with Crippen LogP contribution in [0.2, 0.25) is 0 Å². The number of carbonyl (C=O) groups excluding carboxylic acids is 1. The van der Waals surface area contributed by atoms with Crippen LogP contribution >= 0.6 is 0 Å². The summed E-state index contributed by atoms with van der Waals surface area (Å²) in [5, 5.41) is 2.96. The van der Waals surface area contributed by atoms with E-state index in [0.717, 1.165) is 0 Å². The Morgan fingerprint density at radius 3 is 2.30 bits per heavy atom. The highest BCUT2D eigenvalue weighted by atomic mass is 16.7. The van der Waals surface area contributed by atoms with Crippen molar-refractivity contribution >= 4 is 38.4 Å². The SMILES string of the molecule is COc1ccc2c(c1OC)c(=O)[nH]c1c3cc4c(cc3c(OC(C)=O)cc21)OCO4. The van der Waals surface area contributed by atoms with Crippen molar-refractivity contribution in [3.8, 4) is 28.7 Å². The lowest BCUT2D eigenvalue weighted by Gasteiger charge is -2.15. The van der Waals surface area contributed by atoms with E-state index in [2.05, 4.69) is 4.98 Å². The molecule has 152 valence electrons. The van der Waals surface area contributed by atoms with Crippen molar-refractivity contribution in [1.29, 1.82) is 0 Å². The molecule has 0 spiro atoms. The first-order chi connectivity index (χ1) is 14.5. The first-order valence-corrected chi connectivity index (χ1v) is 9.17. The van der Waals surface area contributed by atoms with Crippen LogP contribution in [0, 0.1) is 0 Å². The molecule has 0 saturated heterocycles. The second kappa shape index (κ2) is 6.55. The van der Waals surface area contributed by atoms with Crippen molar-refractivity contribution in [1.82, 2.24) is 4.98 Å². The van der Waals surface area contributed by atoms with Gasteiger partial charge in [0.25, 0.3) is 5.56 Å². The molecule has 4 aromatic rings. The number of rotatable bonds is 3. The van der Waals surface area contributed by atoms with Crippen LogP contribution in [0.25, 0.3) is 32.4 Å². The number of hydrogen-bond acceptors (Lipinski definition) is 7. The molecule has 1 aliphatic heterocycles. The Hall–Kier alpha value is -3.94.